The molecular formula is C23H27NO2. The topological polar surface area (TPSA) is 37.4 Å². The Morgan fingerprint density at radius 3 is 1.54 bits per heavy atom. The molecular weight excluding hydrogens is 322 g/mol. The molecule has 3 nitrogen and oxygen atoms in total. The van der Waals surface area contributed by atoms with Gasteiger partial charge in [-0.2, -0.15) is 0 Å². The van der Waals surface area contributed by atoms with Crippen molar-refractivity contribution in [3.05, 3.63) is 70.3 Å². The van der Waals surface area contributed by atoms with E-state index in [1.54, 1.807) is 24.3 Å². The van der Waals surface area contributed by atoms with Crippen LogP contribution in [0.3, 0.4) is 0 Å². The summed E-state index contributed by atoms with van der Waals surface area (Å²) < 4.78 is 0. The van der Waals surface area contributed by atoms with Gasteiger partial charge in [-0.15, -0.1) is 0 Å². The van der Waals surface area contributed by atoms with Crippen LogP contribution in [0.5, 0.6) is 0 Å². The first-order valence-corrected chi connectivity index (χ1v) is 9.08. The normalized spacial score (nSPS) is 14.8. The molecule has 0 saturated heterocycles. The lowest BCUT2D eigenvalue weighted by Crippen LogP contribution is -2.29. The molecule has 0 aliphatic carbocycles. The van der Waals surface area contributed by atoms with Gasteiger partial charge in [0.05, 0.1) is 17.7 Å². The lowest BCUT2D eigenvalue weighted by atomic mass is 9.79. The van der Waals surface area contributed by atoms with Crippen molar-refractivity contribution >= 4 is 11.8 Å². The van der Waals surface area contributed by atoms with Crippen molar-refractivity contribution in [2.45, 2.75) is 58.9 Å². The summed E-state index contributed by atoms with van der Waals surface area (Å²) in [5.74, 6) is -0.409. The van der Waals surface area contributed by atoms with Crippen molar-refractivity contribution in [3.8, 4) is 0 Å². The first-order chi connectivity index (χ1) is 12.0. The predicted molar refractivity (Wildman–Crippen MR) is 104 cm³/mol. The standard InChI is InChI=1S/C23H27NO2/c1-22(2,3)16-11-15(12-17(13-16)23(4,5)6)14-24-20(25)18-9-7-8-10-19(18)21(24)26/h7-13H,14H2,1-6H3. The van der Waals surface area contributed by atoms with Gasteiger partial charge in [0.1, 0.15) is 0 Å². The summed E-state index contributed by atoms with van der Waals surface area (Å²) >= 11 is 0. The van der Waals surface area contributed by atoms with Crippen molar-refractivity contribution in [1.29, 1.82) is 0 Å². The molecule has 0 radical (unpaired) electrons. The maximum atomic E-state index is 12.7. The van der Waals surface area contributed by atoms with Gasteiger partial charge in [0.15, 0.2) is 0 Å². The zero-order valence-corrected chi connectivity index (χ0v) is 16.5. The molecule has 136 valence electrons. The summed E-state index contributed by atoms with van der Waals surface area (Å²) in [5.41, 5.74) is 4.43. The van der Waals surface area contributed by atoms with E-state index in [1.165, 1.54) is 16.0 Å². The lowest BCUT2D eigenvalue weighted by Gasteiger charge is -2.27. The van der Waals surface area contributed by atoms with Crippen LogP contribution >= 0.6 is 0 Å². The number of fused-ring (bicyclic) bond motifs is 1. The van der Waals surface area contributed by atoms with Gasteiger partial charge in [-0.3, -0.25) is 14.5 Å². The highest BCUT2D eigenvalue weighted by molar-refractivity contribution is 6.21. The lowest BCUT2D eigenvalue weighted by molar-refractivity contribution is 0.0642. The number of amides is 2. The Hall–Kier alpha value is -2.42. The highest BCUT2D eigenvalue weighted by Gasteiger charge is 2.35. The van der Waals surface area contributed by atoms with E-state index in [-0.39, 0.29) is 22.6 Å². The van der Waals surface area contributed by atoms with Crippen molar-refractivity contribution in [2.75, 3.05) is 0 Å². The molecule has 1 aliphatic rings. The Morgan fingerprint density at radius 2 is 1.15 bits per heavy atom. The minimum Gasteiger partial charge on any atom is -0.270 e. The third kappa shape index (κ3) is 3.31. The van der Waals surface area contributed by atoms with E-state index in [9.17, 15) is 9.59 Å². The second-order valence-electron chi connectivity index (χ2n) is 9.16. The van der Waals surface area contributed by atoms with Crippen LogP contribution in [0, 0.1) is 0 Å². The molecule has 0 atom stereocenters. The fraction of sp³-hybridized carbons (Fsp3) is 0.391. The van der Waals surface area contributed by atoms with Crippen molar-refractivity contribution in [1.82, 2.24) is 4.90 Å². The number of benzene rings is 2. The molecule has 0 unspecified atom stereocenters. The first kappa shape index (κ1) is 18.4. The molecule has 26 heavy (non-hydrogen) atoms. The van der Waals surface area contributed by atoms with E-state index in [1.807, 2.05) is 0 Å². The number of hydrogen-bond donors (Lipinski definition) is 0. The van der Waals surface area contributed by atoms with Gasteiger partial charge < -0.3 is 0 Å². The molecule has 0 fully saturated rings. The summed E-state index contributed by atoms with van der Waals surface area (Å²) in [4.78, 5) is 26.7. The zero-order chi connectivity index (χ0) is 19.3. The predicted octanol–water partition coefficient (Wildman–Crippen LogP) is 5.08. The average Bonchev–Trinajstić information content (AvgIpc) is 2.78. The van der Waals surface area contributed by atoms with Crippen LogP contribution in [0.25, 0.3) is 0 Å². The van der Waals surface area contributed by atoms with Crippen LogP contribution < -0.4 is 0 Å². The summed E-state index contributed by atoms with van der Waals surface area (Å²) in [5, 5.41) is 0. The second kappa shape index (κ2) is 6.08. The van der Waals surface area contributed by atoms with Crippen molar-refractivity contribution in [2.24, 2.45) is 0 Å². The fourth-order valence-corrected chi connectivity index (χ4v) is 3.21. The molecule has 2 amide bonds. The Morgan fingerprint density at radius 1 is 0.731 bits per heavy atom. The maximum absolute atomic E-state index is 12.7. The third-order valence-corrected chi connectivity index (χ3v) is 4.94. The number of nitrogens with zero attached hydrogens (tertiary/aromatic N) is 1. The largest absolute Gasteiger partial charge is 0.270 e. The van der Waals surface area contributed by atoms with Gasteiger partial charge in [-0.25, -0.2) is 0 Å². The van der Waals surface area contributed by atoms with Crippen molar-refractivity contribution < 1.29 is 9.59 Å². The van der Waals surface area contributed by atoms with Gasteiger partial charge in [-0.05, 0) is 39.7 Å². The van der Waals surface area contributed by atoms with Crippen LogP contribution in [-0.4, -0.2) is 16.7 Å². The van der Waals surface area contributed by atoms with Crippen LogP contribution in [0.1, 0.15) is 78.9 Å². The Balaban J connectivity index is 2.01. The van der Waals surface area contributed by atoms with Crippen molar-refractivity contribution in [3.63, 3.8) is 0 Å². The average molecular weight is 349 g/mol. The summed E-state index contributed by atoms with van der Waals surface area (Å²) in [6.07, 6.45) is 0. The first-order valence-electron chi connectivity index (χ1n) is 9.08. The van der Waals surface area contributed by atoms with E-state index in [0.717, 1.165) is 5.56 Å². The maximum Gasteiger partial charge on any atom is 0.261 e. The second-order valence-corrected chi connectivity index (χ2v) is 9.16. The van der Waals surface area contributed by atoms with Crippen LogP contribution in [-0.2, 0) is 17.4 Å². The van der Waals surface area contributed by atoms with Gasteiger partial charge in [0.2, 0.25) is 0 Å². The van der Waals surface area contributed by atoms with Gasteiger partial charge in [-0.1, -0.05) is 71.9 Å². The molecule has 3 rings (SSSR count). The number of carbonyl (C=O) groups is 2. The van der Waals surface area contributed by atoms with E-state index in [2.05, 4.69) is 59.7 Å². The number of rotatable bonds is 2. The Labute approximate surface area is 156 Å². The SMILES string of the molecule is CC(C)(C)c1cc(CN2C(=O)c3ccccc3C2=O)cc(C(C)(C)C)c1. The molecule has 3 heteroatoms. The fourth-order valence-electron chi connectivity index (χ4n) is 3.21. The number of hydrogen-bond acceptors (Lipinski definition) is 2. The summed E-state index contributed by atoms with van der Waals surface area (Å²) in [6.45, 7) is 13.4. The van der Waals surface area contributed by atoms with Gasteiger partial charge in [0, 0.05) is 0 Å². The summed E-state index contributed by atoms with van der Waals surface area (Å²) in [7, 11) is 0. The zero-order valence-electron chi connectivity index (χ0n) is 16.5. The Bertz CT molecular complexity index is 815. The van der Waals surface area contributed by atoms with E-state index >= 15 is 0 Å². The Kier molecular flexibility index (Phi) is 4.30. The molecule has 2 aromatic rings. The molecule has 1 aliphatic heterocycles. The van der Waals surface area contributed by atoms with E-state index < -0.39 is 0 Å². The van der Waals surface area contributed by atoms with Crippen LogP contribution in [0.15, 0.2) is 42.5 Å². The summed E-state index contributed by atoms with van der Waals surface area (Å²) in [6, 6.07) is 13.5. The third-order valence-electron chi connectivity index (χ3n) is 4.94. The smallest absolute Gasteiger partial charge is 0.261 e. The molecule has 0 aromatic heterocycles. The highest BCUT2D eigenvalue weighted by atomic mass is 16.2. The minimum absolute atomic E-state index is 0.00198. The molecule has 0 spiro atoms. The number of imide groups is 1. The van der Waals surface area contributed by atoms with E-state index in [4.69, 9.17) is 0 Å². The highest BCUT2D eigenvalue weighted by Crippen LogP contribution is 2.32. The van der Waals surface area contributed by atoms with Crippen LogP contribution in [0.4, 0.5) is 0 Å². The molecule has 1 heterocycles. The molecule has 0 bridgehead atoms. The van der Waals surface area contributed by atoms with E-state index in [0.29, 0.717) is 17.7 Å². The molecule has 0 N–H and O–H groups in total. The molecule has 0 saturated carbocycles. The van der Waals surface area contributed by atoms with Gasteiger partial charge in [0.25, 0.3) is 11.8 Å². The van der Waals surface area contributed by atoms with Crippen LogP contribution in [0.2, 0.25) is 0 Å². The minimum atomic E-state index is -0.205. The number of carbonyl (C=O) groups excluding carboxylic acids is 2. The monoisotopic (exact) mass is 349 g/mol. The van der Waals surface area contributed by atoms with Gasteiger partial charge >= 0.3 is 0 Å². The quantitative estimate of drug-likeness (QED) is 0.709. The molecule has 2 aromatic carbocycles.